The molecular formula is C9H18N2O3. The molecule has 1 unspecified atom stereocenters. The number of carbonyl (C=O) groups is 2. The van der Waals surface area contributed by atoms with E-state index < -0.39 is 11.9 Å². The minimum atomic E-state index is -0.898. The Morgan fingerprint density at radius 3 is 2.21 bits per heavy atom. The number of aliphatic carboxylic acids is 1. The Labute approximate surface area is 84.1 Å². The Bertz CT molecular complexity index is 202. The van der Waals surface area contributed by atoms with Crippen LogP contribution in [0.4, 0.5) is 4.79 Å². The van der Waals surface area contributed by atoms with Gasteiger partial charge in [0.25, 0.3) is 0 Å². The van der Waals surface area contributed by atoms with Gasteiger partial charge in [0.15, 0.2) is 0 Å². The monoisotopic (exact) mass is 202 g/mol. The first kappa shape index (κ1) is 12.7. The third-order valence-electron chi connectivity index (χ3n) is 2.03. The quantitative estimate of drug-likeness (QED) is 0.691. The van der Waals surface area contributed by atoms with Crippen molar-refractivity contribution in [3.63, 3.8) is 0 Å². The molecule has 0 aliphatic carbocycles. The molecule has 82 valence electrons. The van der Waals surface area contributed by atoms with Crippen LogP contribution in [0.25, 0.3) is 0 Å². The lowest BCUT2D eigenvalue weighted by Crippen LogP contribution is -2.42. The molecule has 14 heavy (non-hydrogen) atoms. The van der Waals surface area contributed by atoms with Crippen LogP contribution in [0.1, 0.15) is 20.8 Å². The second-order valence-corrected chi connectivity index (χ2v) is 3.10. The number of carboxylic acids is 1. The summed E-state index contributed by atoms with van der Waals surface area (Å²) in [5.41, 5.74) is 0. The molecule has 5 nitrogen and oxygen atoms in total. The average Bonchev–Trinajstić information content (AvgIpc) is 2.15. The van der Waals surface area contributed by atoms with Gasteiger partial charge in [0.1, 0.15) is 0 Å². The summed E-state index contributed by atoms with van der Waals surface area (Å²) in [5.74, 6) is -1.45. The van der Waals surface area contributed by atoms with Crippen molar-refractivity contribution in [2.45, 2.75) is 20.8 Å². The number of rotatable bonds is 5. The fraction of sp³-hybridized carbons (Fsp3) is 0.778. The van der Waals surface area contributed by atoms with Crippen LogP contribution in [-0.4, -0.2) is 41.6 Å². The zero-order valence-corrected chi connectivity index (χ0v) is 8.91. The Hall–Kier alpha value is -1.26. The van der Waals surface area contributed by atoms with Gasteiger partial charge in [0.2, 0.25) is 0 Å². The molecule has 0 aromatic rings. The van der Waals surface area contributed by atoms with E-state index in [4.69, 9.17) is 5.11 Å². The summed E-state index contributed by atoms with van der Waals surface area (Å²) < 4.78 is 0. The molecule has 2 N–H and O–H groups in total. The van der Waals surface area contributed by atoms with Crippen molar-refractivity contribution in [1.29, 1.82) is 0 Å². The van der Waals surface area contributed by atoms with E-state index in [0.717, 1.165) is 0 Å². The smallest absolute Gasteiger partial charge is 0.317 e. The molecule has 0 aliphatic heterocycles. The molecule has 2 amide bonds. The number of amides is 2. The maximum absolute atomic E-state index is 11.4. The maximum Gasteiger partial charge on any atom is 0.317 e. The number of carbonyl (C=O) groups excluding carboxylic acids is 1. The van der Waals surface area contributed by atoms with E-state index >= 15 is 0 Å². The SMILES string of the molecule is CCN(CC)C(=O)NCC(C)C(=O)O. The minimum Gasteiger partial charge on any atom is -0.481 e. The van der Waals surface area contributed by atoms with Gasteiger partial charge in [0.05, 0.1) is 5.92 Å². The van der Waals surface area contributed by atoms with Crippen LogP contribution < -0.4 is 5.32 Å². The van der Waals surface area contributed by atoms with E-state index in [2.05, 4.69) is 5.32 Å². The molecule has 0 bridgehead atoms. The highest BCUT2D eigenvalue weighted by Gasteiger charge is 2.14. The summed E-state index contributed by atoms with van der Waals surface area (Å²) in [6, 6.07) is -0.205. The fourth-order valence-corrected chi connectivity index (χ4v) is 0.950. The van der Waals surface area contributed by atoms with Gasteiger partial charge in [-0.15, -0.1) is 0 Å². The van der Waals surface area contributed by atoms with Crippen molar-refractivity contribution >= 4 is 12.0 Å². The Balaban J connectivity index is 3.89. The summed E-state index contributed by atoms with van der Waals surface area (Å²) in [6.07, 6.45) is 0. The summed E-state index contributed by atoms with van der Waals surface area (Å²) in [7, 11) is 0. The Morgan fingerprint density at radius 2 is 1.86 bits per heavy atom. The van der Waals surface area contributed by atoms with Gasteiger partial charge < -0.3 is 15.3 Å². The first-order chi connectivity index (χ1) is 6.52. The van der Waals surface area contributed by atoms with Gasteiger partial charge in [-0.2, -0.15) is 0 Å². The summed E-state index contributed by atoms with van der Waals surface area (Å²) in [4.78, 5) is 23.4. The van der Waals surface area contributed by atoms with Crippen molar-refractivity contribution in [3.05, 3.63) is 0 Å². The minimum absolute atomic E-state index is 0.171. The van der Waals surface area contributed by atoms with E-state index in [9.17, 15) is 9.59 Å². The molecular weight excluding hydrogens is 184 g/mol. The van der Waals surface area contributed by atoms with Crippen molar-refractivity contribution in [3.8, 4) is 0 Å². The van der Waals surface area contributed by atoms with Gasteiger partial charge in [0, 0.05) is 19.6 Å². The van der Waals surface area contributed by atoms with Crippen LogP contribution in [-0.2, 0) is 4.79 Å². The lowest BCUT2D eigenvalue weighted by atomic mass is 10.2. The summed E-state index contributed by atoms with van der Waals surface area (Å²) in [6.45, 7) is 6.75. The zero-order chi connectivity index (χ0) is 11.1. The molecule has 0 radical (unpaired) electrons. The number of urea groups is 1. The van der Waals surface area contributed by atoms with Crippen molar-refractivity contribution < 1.29 is 14.7 Å². The third kappa shape index (κ3) is 4.11. The van der Waals surface area contributed by atoms with E-state index in [0.29, 0.717) is 13.1 Å². The van der Waals surface area contributed by atoms with Crippen molar-refractivity contribution in [1.82, 2.24) is 10.2 Å². The number of hydrogen-bond donors (Lipinski definition) is 2. The second-order valence-electron chi connectivity index (χ2n) is 3.10. The number of hydrogen-bond acceptors (Lipinski definition) is 2. The van der Waals surface area contributed by atoms with E-state index in [1.54, 1.807) is 11.8 Å². The van der Waals surface area contributed by atoms with Gasteiger partial charge in [-0.25, -0.2) is 4.79 Å². The number of nitrogens with zero attached hydrogens (tertiary/aromatic N) is 1. The third-order valence-corrected chi connectivity index (χ3v) is 2.03. The van der Waals surface area contributed by atoms with Crippen LogP contribution >= 0.6 is 0 Å². The largest absolute Gasteiger partial charge is 0.481 e. The van der Waals surface area contributed by atoms with Gasteiger partial charge in [-0.1, -0.05) is 6.92 Å². The standard InChI is InChI=1S/C9H18N2O3/c1-4-11(5-2)9(14)10-6-7(3)8(12)13/h7H,4-6H2,1-3H3,(H,10,14)(H,12,13). The molecule has 0 aliphatic rings. The average molecular weight is 202 g/mol. The summed E-state index contributed by atoms with van der Waals surface area (Å²) >= 11 is 0. The number of nitrogens with one attached hydrogen (secondary N) is 1. The van der Waals surface area contributed by atoms with Crippen LogP contribution in [0.5, 0.6) is 0 Å². The normalized spacial score (nSPS) is 11.9. The van der Waals surface area contributed by atoms with Crippen LogP contribution in [0.3, 0.4) is 0 Å². The molecule has 1 atom stereocenters. The Kier molecular flexibility index (Phi) is 5.67. The zero-order valence-electron chi connectivity index (χ0n) is 8.91. The number of carboxylic acid groups (broad SMARTS) is 1. The van der Waals surface area contributed by atoms with Crippen molar-refractivity contribution in [2.75, 3.05) is 19.6 Å². The van der Waals surface area contributed by atoms with Crippen LogP contribution in [0, 0.1) is 5.92 Å². The Morgan fingerprint density at radius 1 is 1.36 bits per heavy atom. The van der Waals surface area contributed by atoms with Crippen LogP contribution in [0.15, 0.2) is 0 Å². The molecule has 0 saturated carbocycles. The molecule has 0 spiro atoms. The van der Waals surface area contributed by atoms with Gasteiger partial charge in [-0.3, -0.25) is 4.79 Å². The van der Waals surface area contributed by atoms with Crippen LogP contribution in [0.2, 0.25) is 0 Å². The highest BCUT2D eigenvalue weighted by Crippen LogP contribution is 1.93. The molecule has 0 heterocycles. The topological polar surface area (TPSA) is 69.6 Å². The van der Waals surface area contributed by atoms with E-state index in [-0.39, 0.29) is 12.6 Å². The summed E-state index contributed by atoms with van der Waals surface area (Å²) in [5, 5.41) is 11.2. The molecule has 0 aromatic heterocycles. The molecule has 0 rings (SSSR count). The molecule has 0 fully saturated rings. The molecule has 5 heteroatoms. The first-order valence-electron chi connectivity index (χ1n) is 4.78. The first-order valence-corrected chi connectivity index (χ1v) is 4.78. The fourth-order valence-electron chi connectivity index (χ4n) is 0.950. The lowest BCUT2D eigenvalue weighted by Gasteiger charge is -2.19. The maximum atomic E-state index is 11.4. The van der Waals surface area contributed by atoms with E-state index in [1.165, 1.54) is 0 Å². The highest BCUT2D eigenvalue weighted by molar-refractivity contribution is 5.75. The van der Waals surface area contributed by atoms with Gasteiger partial charge in [-0.05, 0) is 13.8 Å². The second kappa shape index (κ2) is 6.23. The predicted molar refractivity (Wildman–Crippen MR) is 53.1 cm³/mol. The highest BCUT2D eigenvalue weighted by atomic mass is 16.4. The molecule has 0 aromatic carbocycles. The van der Waals surface area contributed by atoms with Crippen molar-refractivity contribution in [2.24, 2.45) is 5.92 Å². The predicted octanol–water partition coefficient (Wildman–Crippen LogP) is 0.758. The van der Waals surface area contributed by atoms with Gasteiger partial charge >= 0.3 is 12.0 Å². The van der Waals surface area contributed by atoms with E-state index in [1.807, 2.05) is 13.8 Å². The molecule has 0 saturated heterocycles. The lowest BCUT2D eigenvalue weighted by molar-refractivity contribution is -0.140.